The first kappa shape index (κ1) is 15.8. The topological polar surface area (TPSA) is 90.7 Å². The van der Waals surface area contributed by atoms with Gasteiger partial charge in [-0.05, 0) is 25.1 Å². The zero-order chi connectivity index (χ0) is 16.1. The summed E-state index contributed by atoms with van der Waals surface area (Å²) in [5.41, 5.74) is 1.09. The molecule has 0 bridgehead atoms. The van der Waals surface area contributed by atoms with Gasteiger partial charge in [-0.15, -0.1) is 0 Å². The number of hydrogen-bond donors (Lipinski definition) is 1. The van der Waals surface area contributed by atoms with Gasteiger partial charge in [-0.3, -0.25) is 4.79 Å². The van der Waals surface area contributed by atoms with Crippen LogP contribution in [0, 0.1) is 6.92 Å². The largest absolute Gasteiger partial charge is 0.487 e. The zero-order valence-electron chi connectivity index (χ0n) is 11.9. The molecule has 0 aliphatic rings. The molecule has 0 saturated carbocycles. The van der Waals surface area contributed by atoms with Crippen LogP contribution in [0.5, 0.6) is 5.75 Å². The minimum Gasteiger partial charge on any atom is -0.487 e. The molecule has 2 rings (SSSR count). The lowest BCUT2D eigenvalue weighted by molar-refractivity contribution is -0.105. The Morgan fingerprint density at radius 3 is 2.91 bits per heavy atom. The van der Waals surface area contributed by atoms with Crippen molar-refractivity contribution in [1.29, 1.82) is 0 Å². The van der Waals surface area contributed by atoms with Gasteiger partial charge in [0.1, 0.15) is 18.1 Å². The number of esters is 1. The smallest absolute Gasteiger partial charge is 0.360 e. The van der Waals surface area contributed by atoms with Gasteiger partial charge in [-0.2, -0.15) is 0 Å². The van der Waals surface area contributed by atoms with Crippen molar-refractivity contribution in [2.75, 3.05) is 12.4 Å². The summed E-state index contributed by atoms with van der Waals surface area (Å²) in [6.07, 6.45) is 0.551. The van der Waals surface area contributed by atoms with Crippen molar-refractivity contribution in [2.45, 2.75) is 13.5 Å². The molecule has 22 heavy (non-hydrogen) atoms. The summed E-state index contributed by atoms with van der Waals surface area (Å²) in [6.45, 7) is 1.71. The summed E-state index contributed by atoms with van der Waals surface area (Å²) < 4.78 is 15.2. The quantitative estimate of drug-likeness (QED) is 0.648. The van der Waals surface area contributed by atoms with E-state index in [2.05, 4.69) is 15.2 Å². The maximum absolute atomic E-state index is 11.6. The Labute approximate surface area is 131 Å². The number of rotatable bonds is 6. The number of nitrogens with one attached hydrogen (secondary N) is 1. The van der Waals surface area contributed by atoms with Crippen LogP contribution in [0.4, 0.5) is 5.69 Å². The summed E-state index contributed by atoms with van der Waals surface area (Å²) in [4.78, 5) is 21.9. The molecule has 7 nitrogen and oxygen atoms in total. The van der Waals surface area contributed by atoms with Gasteiger partial charge in [0.15, 0.2) is 5.69 Å². The van der Waals surface area contributed by atoms with E-state index in [-0.39, 0.29) is 12.3 Å². The second-order valence-corrected chi connectivity index (χ2v) is 4.66. The summed E-state index contributed by atoms with van der Waals surface area (Å²) in [5, 5.41) is 6.45. The van der Waals surface area contributed by atoms with Crippen LogP contribution < -0.4 is 10.1 Å². The van der Waals surface area contributed by atoms with Crippen LogP contribution in [0.25, 0.3) is 0 Å². The highest BCUT2D eigenvalue weighted by molar-refractivity contribution is 6.32. The lowest BCUT2D eigenvalue weighted by atomic mass is 10.2. The molecule has 1 aromatic carbocycles. The summed E-state index contributed by atoms with van der Waals surface area (Å²) >= 11 is 6.06. The minimum atomic E-state index is -0.605. The Kier molecular flexibility index (Phi) is 5.00. The van der Waals surface area contributed by atoms with E-state index < -0.39 is 5.97 Å². The molecule has 0 aliphatic carbocycles. The summed E-state index contributed by atoms with van der Waals surface area (Å²) in [5.74, 6) is 0.248. The van der Waals surface area contributed by atoms with E-state index in [1.54, 1.807) is 25.1 Å². The Balaban J connectivity index is 2.15. The molecule has 1 amide bonds. The SMILES string of the molecule is COC(=O)c1noc(C)c1COc1ccc(NC=O)cc1Cl. The van der Waals surface area contributed by atoms with Crippen LogP contribution in [0.2, 0.25) is 5.02 Å². The predicted octanol–water partition coefficient (Wildman–Crippen LogP) is 2.57. The molecule has 0 atom stereocenters. The van der Waals surface area contributed by atoms with Gasteiger partial charge in [0, 0.05) is 5.69 Å². The van der Waals surface area contributed by atoms with E-state index in [9.17, 15) is 9.59 Å². The van der Waals surface area contributed by atoms with E-state index in [0.29, 0.717) is 34.2 Å². The fourth-order valence-corrected chi connectivity index (χ4v) is 1.98. The van der Waals surface area contributed by atoms with E-state index in [0.717, 1.165) is 0 Å². The number of amides is 1. The third-order valence-electron chi connectivity index (χ3n) is 2.89. The highest BCUT2D eigenvalue weighted by Gasteiger charge is 2.21. The zero-order valence-corrected chi connectivity index (χ0v) is 12.6. The fourth-order valence-electron chi connectivity index (χ4n) is 1.74. The molecule has 1 N–H and O–H groups in total. The summed E-state index contributed by atoms with van der Waals surface area (Å²) in [6, 6.07) is 4.79. The molecular formula is C14H13ClN2O5. The van der Waals surface area contributed by atoms with E-state index in [1.165, 1.54) is 7.11 Å². The standard InChI is InChI=1S/C14H13ClN2O5/c1-8-10(13(17-22-8)14(19)20-2)6-21-12-4-3-9(16-7-18)5-11(12)15/h3-5,7H,6H2,1-2H3,(H,16,18). The molecule has 2 aromatic rings. The van der Waals surface area contributed by atoms with Crippen LogP contribution in [-0.2, 0) is 16.1 Å². The molecule has 0 spiro atoms. The number of anilines is 1. The van der Waals surface area contributed by atoms with Crippen molar-refractivity contribution in [3.05, 3.63) is 40.2 Å². The van der Waals surface area contributed by atoms with Crippen molar-refractivity contribution in [3.63, 3.8) is 0 Å². The number of methoxy groups -OCH3 is 1. The van der Waals surface area contributed by atoms with Crippen molar-refractivity contribution >= 4 is 29.7 Å². The number of hydrogen-bond acceptors (Lipinski definition) is 6. The van der Waals surface area contributed by atoms with Gasteiger partial charge in [0.2, 0.25) is 6.41 Å². The molecule has 116 valence electrons. The number of nitrogens with zero attached hydrogens (tertiary/aromatic N) is 1. The van der Waals surface area contributed by atoms with Crippen LogP contribution in [-0.4, -0.2) is 24.6 Å². The Morgan fingerprint density at radius 2 is 2.27 bits per heavy atom. The number of carbonyl (C=O) groups excluding carboxylic acids is 2. The minimum absolute atomic E-state index is 0.0416. The first-order chi connectivity index (χ1) is 10.6. The Hall–Kier alpha value is -2.54. The molecule has 0 aliphatic heterocycles. The second kappa shape index (κ2) is 6.95. The van der Waals surface area contributed by atoms with Gasteiger partial charge in [-0.1, -0.05) is 16.8 Å². The summed E-state index contributed by atoms with van der Waals surface area (Å²) in [7, 11) is 1.26. The average molecular weight is 325 g/mol. The van der Waals surface area contributed by atoms with Gasteiger partial charge < -0.3 is 19.3 Å². The number of benzene rings is 1. The fraction of sp³-hybridized carbons (Fsp3) is 0.214. The number of aryl methyl sites for hydroxylation is 1. The van der Waals surface area contributed by atoms with Crippen LogP contribution >= 0.6 is 11.6 Å². The van der Waals surface area contributed by atoms with E-state index >= 15 is 0 Å². The average Bonchev–Trinajstić information content (AvgIpc) is 2.87. The molecule has 0 unspecified atom stereocenters. The third kappa shape index (κ3) is 3.37. The number of halogens is 1. The van der Waals surface area contributed by atoms with E-state index in [1.807, 2.05) is 0 Å². The van der Waals surface area contributed by atoms with Crippen molar-refractivity contribution < 1.29 is 23.6 Å². The van der Waals surface area contributed by atoms with Gasteiger partial charge in [-0.25, -0.2) is 4.79 Å². The number of ether oxygens (including phenoxy) is 2. The number of carbonyl (C=O) groups is 2. The van der Waals surface area contributed by atoms with Gasteiger partial charge >= 0.3 is 5.97 Å². The lowest BCUT2D eigenvalue weighted by Gasteiger charge is -2.09. The second-order valence-electron chi connectivity index (χ2n) is 4.25. The normalized spacial score (nSPS) is 10.1. The molecular weight excluding hydrogens is 312 g/mol. The predicted molar refractivity (Wildman–Crippen MR) is 78.1 cm³/mol. The van der Waals surface area contributed by atoms with Crippen LogP contribution in [0.1, 0.15) is 21.8 Å². The van der Waals surface area contributed by atoms with Crippen LogP contribution in [0.3, 0.4) is 0 Å². The molecule has 0 saturated heterocycles. The maximum Gasteiger partial charge on any atom is 0.360 e. The van der Waals surface area contributed by atoms with Crippen molar-refractivity contribution in [3.8, 4) is 5.75 Å². The van der Waals surface area contributed by atoms with Gasteiger partial charge in [0.25, 0.3) is 0 Å². The van der Waals surface area contributed by atoms with Gasteiger partial charge in [0.05, 0.1) is 17.7 Å². The van der Waals surface area contributed by atoms with Crippen molar-refractivity contribution in [1.82, 2.24) is 5.16 Å². The molecule has 1 aromatic heterocycles. The number of aromatic nitrogens is 1. The molecule has 0 fully saturated rings. The Morgan fingerprint density at radius 1 is 1.50 bits per heavy atom. The van der Waals surface area contributed by atoms with Crippen LogP contribution in [0.15, 0.2) is 22.7 Å². The molecule has 8 heteroatoms. The molecule has 0 radical (unpaired) electrons. The Bertz CT molecular complexity index is 699. The maximum atomic E-state index is 11.6. The highest BCUT2D eigenvalue weighted by atomic mass is 35.5. The lowest BCUT2D eigenvalue weighted by Crippen LogP contribution is -2.08. The molecule has 1 heterocycles. The first-order valence-electron chi connectivity index (χ1n) is 6.22. The highest BCUT2D eigenvalue weighted by Crippen LogP contribution is 2.29. The first-order valence-corrected chi connectivity index (χ1v) is 6.60. The third-order valence-corrected chi connectivity index (χ3v) is 3.19. The van der Waals surface area contributed by atoms with Crippen molar-refractivity contribution in [2.24, 2.45) is 0 Å². The monoisotopic (exact) mass is 324 g/mol. The van der Waals surface area contributed by atoms with E-state index in [4.69, 9.17) is 20.9 Å².